The van der Waals surface area contributed by atoms with Crippen molar-refractivity contribution in [1.82, 2.24) is 0 Å². The van der Waals surface area contributed by atoms with E-state index in [9.17, 15) is 15.2 Å². The summed E-state index contributed by atoms with van der Waals surface area (Å²) in [6, 6.07) is 12.3. The maximum atomic E-state index is 12.4. The third-order valence-corrected chi connectivity index (χ3v) is 5.15. The second-order valence-electron chi connectivity index (χ2n) is 7.12. The van der Waals surface area contributed by atoms with Crippen molar-refractivity contribution in [2.75, 3.05) is 0 Å². The van der Waals surface area contributed by atoms with Crippen LogP contribution in [-0.2, 0) is 4.84 Å². The molecule has 2 aromatic carbocycles. The van der Waals surface area contributed by atoms with Crippen molar-refractivity contribution in [2.45, 2.75) is 38.5 Å². The van der Waals surface area contributed by atoms with Crippen LogP contribution in [0.25, 0.3) is 0 Å². The number of aryl methyl sites for hydroxylation is 1. The van der Waals surface area contributed by atoms with Gasteiger partial charge in [-0.25, -0.2) is 4.79 Å². The van der Waals surface area contributed by atoms with Crippen molar-refractivity contribution in [3.05, 3.63) is 59.2 Å². The minimum absolute atomic E-state index is 0.133. The molecule has 2 aromatic rings. The van der Waals surface area contributed by atoms with Gasteiger partial charge in [-0.3, -0.25) is 10.4 Å². The van der Waals surface area contributed by atoms with E-state index in [1.165, 1.54) is 0 Å². The zero-order valence-corrected chi connectivity index (χ0v) is 16.4. The lowest BCUT2D eigenvalue weighted by molar-refractivity contribution is -0.712. The molecule has 0 amide bonds. The van der Waals surface area contributed by atoms with E-state index >= 15 is 0 Å². The first-order valence-corrected chi connectivity index (χ1v) is 9.45. The normalized spacial score (nSPS) is 17.7. The van der Waals surface area contributed by atoms with Crippen LogP contribution in [0.4, 0.5) is 11.4 Å². The summed E-state index contributed by atoms with van der Waals surface area (Å²) in [5, 5.41) is 23.8. The average molecular weight is 395 g/mol. The minimum Gasteiger partial charge on any atom is -0.313 e. The number of oxime groups is 1. The molecule has 1 atom stereocenters. The molecule has 1 saturated carbocycles. The van der Waals surface area contributed by atoms with Crippen LogP contribution < -0.4 is 0 Å². The third-order valence-electron chi connectivity index (χ3n) is 5.15. The molecular weight excluding hydrogens is 370 g/mol. The van der Waals surface area contributed by atoms with Crippen molar-refractivity contribution < 1.29 is 29.5 Å². The molecule has 0 aliphatic heterocycles. The van der Waals surface area contributed by atoms with Crippen LogP contribution in [0.1, 0.15) is 53.1 Å². The van der Waals surface area contributed by atoms with Crippen molar-refractivity contribution in [3.8, 4) is 0 Å². The lowest BCUT2D eigenvalue weighted by atomic mass is 9.81. The van der Waals surface area contributed by atoms with Crippen LogP contribution >= 0.6 is 0 Å². The van der Waals surface area contributed by atoms with Gasteiger partial charge >= 0.3 is 5.97 Å². The fourth-order valence-corrected chi connectivity index (χ4v) is 3.60. The summed E-state index contributed by atoms with van der Waals surface area (Å²) < 4.78 is 1.48. The molecule has 0 bridgehead atoms. The van der Waals surface area contributed by atoms with E-state index in [0.717, 1.165) is 45.6 Å². The molecular formula is C22H25N3O4+2. The first kappa shape index (κ1) is 20.3. The Kier molecular flexibility index (Phi) is 6.07. The van der Waals surface area contributed by atoms with Crippen molar-refractivity contribution >= 4 is 36.5 Å². The van der Waals surface area contributed by atoms with Gasteiger partial charge in [0.25, 0.3) is 11.4 Å². The molecule has 0 heterocycles. The molecule has 2 N–H and O–H groups in total. The van der Waals surface area contributed by atoms with Crippen LogP contribution in [-0.4, -0.2) is 45.0 Å². The number of nitrogens with zero attached hydrogens (tertiary/aromatic N) is 3. The Morgan fingerprint density at radius 1 is 1.14 bits per heavy atom. The summed E-state index contributed by atoms with van der Waals surface area (Å²) in [4.78, 5) is 17.7. The zero-order valence-electron chi connectivity index (χ0n) is 16.4. The minimum atomic E-state index is -0.496. The molecule has 1 unspecified atom stereocenters. The fraction of sp³-hybridized carbons (Fsp3) is 0.273. The van der Waals surface area contributed by atoms with Gasteiger partial charge in [0.15, 0.2) is 13.4 Å². The summed E-state index contributed by atoms with van der Waals surface area (Å²) >= 11 is 0. The second kappa shape index (κ2) is 8.68. The standard InChI is InChI=1S/C22H25N3O4/c1-15-8-4-5-9-17(15)22(26)29-23-20-11-7-6-10-18(20)19-13-12-16(24(2)27)14-21(19)25(3)28/h4-5,8-9,12-14,18,27-28H,2-3,6-7,10-11H2,1H3/q+2/b23-20-. The Morgan fingerprint density at radius 3 is 2.59 bits per heavy atom. The molecule has 0 radical (unpaired) electrons. The topological polar surface area (TPSA) is 85.1 Å². The second-order valence-corrected chi connectivity index (χ2v) is 7.12. The van der Waals surface area contributed by atoms with Crippen LogP contribution in [0.3, 0.4) is 0 Å². The molecule has 150 valence electrons. The number of hydrogen-bond donors (Lipinski definition) is 2. The van der Waals surface area contributed by atoms with Gasteiger partial charge in [0.1, 0.15) is 0 Å². The number of rotatable bonds is 5. The quantitative estimate of drug-likeness (QED) is 0.259. The van der Waals surface area contributed by atoms with Gasteiger partial charge in [0.2, 0.25) is 0 Å². The van der Waals surface area contributed by atoms with E-state index in [1.54, 1.807) is 30.3 Å². The molecule has 0 aromatic heterocycles. The molecule has 1 aliphatic carbocycles. The van der Waals surface area contributed by atoms with E-state index < -0.39 is 5.97 Å². The predicted octanol–water partition coefficient (Wildman–Crippen LogP) is 4.33. The Morgan fingerprint density at radius 2 is 1.90 bits per heavy atom. The van der Waals surface area contributed by atoms with E-state index in [0.29, 0.717) is 23.4 Å². The molecule has 29 heavy (non-hydrogen) atoms. The fourth-order valence-electron chi connectivity index (χ4n) is 3.60. The average Bonchev–Trinajstić information content (AvgIpc) is 2.72. The molecule has 7 heteroatoms. The van der Waals surface area contributed by atoms with Gasteiger partial charge < -0.3 is 4.84 Å². The highest BCUT2D eigenvalue weighted by molar-refractivity contribution is 5.95. The first-order chi connectivity index (χ1) is 13.9. The lowest BCUT2D eigenvalue weighted by Gasteiger charge is -2.23. The molecule has 3 rings (SSSR count). The van der Waals surface area contributed by atoms with Crippen LogP contribution in [0.2, 0.25) is 0 Å². The summed E-state index contributed by atoms with van der Waals surface area (Å²) in [6.07, 6.45) is 3.42. The van der Waals surface area contributed by atoms with Crippen LogP contribution in [0.5, 0.6) is 0 Å². The van der Waals surface area contributed by atoms with Crippen LogP contribution in [0, 0.1) is 6.92 Å². The van der Waals surface area contributed by atoms with Gasteiger partial charge in [-0.15, -0.1) is 0 Å². The van der Waals surface area contributed by atoms with Gasteiger partial charge in [0.05, 0.1) is 17.3 Å². The monoisotopic (exact) mass is 395 g/mol. The maximum absolute atomic E-state index is 12.4. The molecule has 7 nitrogen and oxygen atoms in total. The smallest absolute Gasteiger partial charge is 0.313 e. The summed E-state index contributed by atoms with van der Waals surface area (Å²) in [5.74, 6) is -0.629. The van der Waals surface area contributed by atoms with Gasteiger partial charge in [-0.1, -0.05) is 29.8 Å². The van der Waals surface area contributed by atoms with E-state index in [2.05, 4.69) is 18.6 Å². The molecule has 0 saturated heterocycles. The largest absolute Gasteiger partial charge is 0.365 e. The van der Waals surface area contributed by atoms with E-state index in [-0.39, 0.29) is 5.92 Å². The maximum Gasteiger partial charge on any atom is 0.365 e. The Bertz CT molecular complexity index is 997. The predicted molar refractivity (Wildman–Crippen MR) is 109 cm³/mol. The third kappa shape index (κ3) is 4.51. The Balaban J connectivity index is 1.91. The molecule has 1 fully saturated rings. The van der Waals surface area contributed by atoms with Crippen molar-refractivity contribution in [1.29, 1.82) is 0 Å². The summed E-state index contributed by atoms with van der Waals surface area (Å²) in [6.45, 7) is 8.84. The number of hydrogen-bond acceptors (Lipinski definition) is 5. The number of carbonyl (C=O) groups excluding carboxylic acids is 1. The molecule has 1 aliphatic rings. The highest BCUT2D eigenvalue weighted by Gasteiger charge is 2.30. The van der Waals surface area contributed by atoms with Crippen molar-refractivity contribution in [3.63, 3.8) is 0 Å². The Labute approximate surface area is 169 Å². The zero-order chi connectivity index (χ0) is 21.0. The van der Waals surface area contributed by atoms with Gasteiger partial charge in [-0.2, -0.15) is 0 Å². The number of benzene rings is 2. The highest BCUT2D eigenvalue weighted by Crippen LogP contribution is 2.37. The SMILES string of the molecule is C=[N+](O)c1ccc(C2CCCC/C2=N/OC(=O)c2ccccc2C)c([N+](=C)O)c1. The van der Waals surface area contributed by atoms with Gasteiger partial charge in [0, 0.05) is 27.0 Å². The number of carbonyl (C=O) groups is 1. The summed E-state index contributed by atoms with van der Waals surface area (Å²) in [7, 11) is 0. The highest BCUT2D eigenvalue weighted by atomic mass is 16.7. The van der Waals surface area contributed by atoms with Gasteiger partial charge in [-0.05, 0) is 43.9 Å². The molecule has 0 spiro atoms. The van der Waals surface area contributed by atoms with Crippen molar-refractivity contribution in [2.24, 2.45) is 5.16 Å². The first-order valence-electron chi connectivity index (χ1n) is 9.45. The van der Waals surface area contributed by atoms with E-state index in [1.807, 2.05) is 19.1 Å². The lowest BCUT2D eigenvalue weighted by Crippen LogP contribution is -2.20. The van der Waals surface area contributed by atoms with Crippen LogP contribution in [0.15, 0.2) is 47.6 Å². The summed E-state index contributed by atoms with van der Waals surface area (Å²) in [5.41, 5.74) is 3.67. The Hall–Kier alpha value is -3.48. The van der Waals surface area contributed by atoms with E-state index in [4.69, 9.17) is 4.84 Å².